The Balaban J connectivity index is 2.52. The smallest absolute Gasteiger partial charge is 0.279 e. The summed E-state index contributed by atoms with van der Waals surface area (Å²) in [7, 11) is 4.93. The maximum atomic E-state index is 12.2. The van der Waals surface area contributed by atoms with E-state index in [0.29, 0.717) is 11.4 Å². The van der Waals surface area contributed by atoms with Crippen LogP contribution in [0.4, 0.5) is 5.69 Å². The number of nitriles is 1. The van der Waals surface area contributed by atoms with Crippen molar-refractivity contribution in [2.45, 2.75) is 19.4 Å². The van der Waals surface area contributed by atoms with E-state index in [0.717, 1.165) is 4.90 Å². The maximum absolute atomic E-state index is 12.2. The number of methoxy groups -OCH3 is 1. The van der Waals surface area contributed by atoms with Crippen LogP contribution >= 0.6 is 0 Å². The molecule has 130 valence electrons. The van der Waals surface area contributed by atoms with Gasteiger partial charge < -0.3 is 19.9 Å². The third-order valence-corrected chi connectivity index (χ3v) is 3.78. The van der Waals surface area contributed by atoms with E-state index in [1.54, 1.807) is 59.3 Å². The van der Waals surface area contributed by atoms with E-state index in [-0.39, 0.29) is 24.9 Å². The zero-order valence-electron chi connectivity index (χ0n) is 14.8. The monoisotopic (exact) mass is 333 g/mol. The van der Waals surface area contributed by atoms with Gasteiger partial charge in [-0.05, 0) is 38.1 Å². The number of nitrogens with zero attached hydrogens (tertiary/aromatic N) is 2. The third kappa shape index (κ3) is 5.56. The number of benzene rings is 1. The van der Waals surface area contributed by atoms with E-state index < -0.39 is 5.54 Å². The topological polar surface area (TPSA) is 86.9 Å². The first-order valence-electron chi connectivity index (χ1n) is 7.62. The van der Waals surface area contributed by atoms with Crippen LogP contribution in [-0.4, -0.2) is 56.5 Å². The Morgan fingerprint density at radius 3 is 2.38 bits per heavy atom. The van der Waals surface area contributed by atoms with Gasteiger partial charge in [0.05, 0.1) is 20.2 Å². The standard InChI is InChI=1S/C17H24N4O3/c1-17(2,12-18)21(4)16(23)11-20(3)10-15(22)19-13-6-8-14(24-5)9-7-13/h6-9H,10-11H2,1-5H3,(H,19,22)/p+1. The van der Waals surface area contributed by atoms with Gasteiger partial charge in [0.25, 0.3) is 11.8 Å². The number of hydrogen-bond acceptors (Lipinski definition) is 4. The number of quaternary nitrogens is 1. The molecular weight excluding hydrogens is 308 g/mol. The molecule has 0 bridgehead atoms. The molecule has 7 heteroatoms. The second-order valence-electron chi connectivity index (χ2n) is 6.21. The largest absolute Gasteiger partial charge is 0.497 e. The number of anilines is 1. The number of ether oxygens (including phenoxy) is 1. The molecule has 0 spiro atoms. The van der Waals surface area contributed by atoms with Gasteiger partial charge in [0.1, 0.15) is 11.3 Å². The summed E-state index contributed by atoms with van der Waals surface area (Å²) in [6.07, 6.45) is 0. The molecule has 0 heterocycles. The van der Waals surface area contributed by atoms with Gasteiger partial charge in [-0.25, -0.2) is 0 Å². The highest BCUT2D eigenvalue weighted by molar-refractivity contribution is 5.91. The fraction of sp³-hybridized carbons (Fsp3) is 0.471. The van der Waals surface area contributed by atoms with Crippen LogP contribution in [0.1, 0.15) is 13.8 Å². The van der Waals surface area contributed by atoms with Gasteiger partial charge >= 0.3 is 0 Å². The summed E-state index contributed by atoms with van der Waals surface area (Å²) in [6, 6.07) is 9.10. The molecule has 2 N–H and O–H groups in total. The van der Waals surface area contributed by atoms with Crippen LogP contribution in [0.15, 0.2) is 24.3 Å². The minimum absolute atomic E-state index is 0.137. The van der Waals surface area contributed by atoms with Crippen molar-refractivity contribution in [3.63, 3.8) is 0 Å². The summed E-state index contributed by atoms with van der Waals surface area (Å²) < 4.78 is 5.06. The molecule has 0 radical (unpaired) electrons. The van der Waals surface area contributed by atoms with Gasteiger partial charge in [-0.15, -0.1) is 0 Å². The molecule has 0 aromatic heterocycles. The fourth-order valence-corrected chi connectivity index (χ4v) is 1.98. The average molecular weight is 333 g/mol. The second-order valence-corrected chi connectivity index (χ2v) is 6.21. The number of nitrogens with one attached hydrogen (secondary N) is 2. The summed E-state index contributed by atoms with van der Waals surface area (Å²) in [6.45, 7) is 3.64. The lowest BCUT2D eigenvalue weighted by molar-refractivity contribution is -0.862. The van der Waals surface area contributed by atoms with E-state index in [2.05, 4.69) is 11.4 Å². The number of carbonyl (C=O) groups excluding carboxylic acids is 2. The number of amides is 2. The lowest BCUT2D eigenvalue weighted by Crippen LogP contribution is -3.11. The van der Waals surface area contributed by atoms with Crippen LogP contribution in [-0.2, 0) is 9.59 Å². The van der Waals surface area contributed by atoms with E-state index in [1.165, 1.54) is 4.90 Å². The van der Waals surface area contributed by atoms with Crippen LogP contribution < -0.4 is 15.0 Å². The SMILES string of the molecule is COc1ccc(NC(=O)C[NH+](C)CC(=O)N(C)C(C)(C)C#N)cc1. The highest BCUT2D eigenvalue weighted by Gasteiger charge is 2.29. The van der Waals surface area contributed by atoms with Crippen LogP contribution in [0, 0.1) is 11.3 Å². The molecular formula is C17H25N4O3+. The van der Waals surface area contributed by atoms with E-state index in [4.69, 9.17) is 10.00 Å². The summed E-state index contributed by atoms with van der Waals surface area (Å²) in [5.74, 6) is 0.341. The Morgan fingerprint density at radius 2 is 1.88 bits per heavy atom. The predicted molar refractivity (Wildman–Crippen MR) is 90.7 cm³/mol. The molecule has 1 atom stereocenters. The van der Waals surface area contributed by atoms with Crippen LogP contribution in [0.2, 0.25) is 0 Å². The van der Waals surface area contributed by atoms with Gasteiger partial charge in [0, 0.05) is 12.7 Å². The third-order valence-electron chi connectivity index (χ3n) is 3.78. The summed E-state index contributed by atoms with van der Waals surface area (Å²) in [4.78, 5) is 26.4. The van der Waals surface area contributed by atoms with Crippen molar-refractivity contribution in [3.05, 3.63) is 24.3 Å². The van der Waals surface area contributed by atoms with Crippen molar-refractivity contribution >= 4 is 17.5 Å². The van der Waals surface area contributed by atoms with Crippen molar-refractivity contribution in [1.82, 2.24) is 4.90 Å². The zero-order chi connectivity index (χ0) is 18.3. The van der Waals surface area contributed by atoms with Crippen molar-refractivity contribution in [2.75, 3.05) is 39.6 Å². The first kappa shape index (κ1) is 19.5. The number of rotatable bonds is 7. The van der Waals surface area contributed by atoms with E-state index >= 15 is 0 Å². The van der Waals surface area contributed by atoms with Gasteiger partial charge in [-0.3, -0.25) is 9.59 Å². The Morgan fingerprint density at radius 1 is 1.29 bits per heavy atom. The average Bonchev–Trinajstić information content (AvgIpc) is 2.54. The minimum atomic E-state index is -0.872. The molecule has 24 heavy (non-hydrogen) atoms. The second kappa shape index (κ2) is 8.31. The molecule has 0 saturated heterocycles. The van der Waals surface area contributed by atoms with E-state index in [9.17, 15) is 9.59 Å². The Labute approximate surface area is 142 Å². The number of carbonyl (C=O) groups is 2. The Bertz CT molecular complexity index is 620. The first-order valence-corrected chi connectivity index (χ1v) is 7.62. The van der Waals surface area contributed by atoms with Crippen molar-refractivity contribution in [3.8, 4) is 11.8 Å². The van der Waals surface area contributed by atoms with Crippen molar-refractivity contribution in [1.29, 1.82) is 5.26 Å². The lowest BCUT2D eigenvalue weighted by atomic mass is 10.1. The Kier molecular flexibility index (Phi) is 6.74. The highest BCUT2D eigenvalue weighted by Crippen LogP contribution is 2.14. The van der Waals surface area contributed by atoms with Crippen molar-refractivity contribution in [2.24, 2.45) is 0 Å². The van der Waals surface area contributed by atoms with Gasteiger partial charge in [0.15, 0.2) is 13.1 Å². The lowest BCUT2D eigenvalue weighted by Gasteiger charge is -2.29. The predicted octanol–water partition coefficient (Wildman–Crippen LogP) is -0.0910. The molecule has 2 amide bonds. The molecule has 0 aliphatic heterocycles. The molecule has 1 aromatic carbocycles. The van der Waals surface area contributed by atoms with Gasteiger partial charge in [0.2, 0.25) is 0 Å². The molecule has 0 fully saturated rings. The molecule has 0 aliphatic carbocycles. The first-order chi connectivity index (χ1) is 11.2. The fourth-order valence-electron chi connectivity index (χ4n) is 1.98. The van der Waals surface area contributed by atoms with Gasteiger partial charge in [-0.1, -0.05) is 0 Å². The van der Waals surface area contributed by atoms with Crippen LogP contribution in [0.25, 0.3) is 0 Å². The molecule has 1 rings (SSSR count). The molecule has 0 saturated carbocycles. The molecule has 1 unspecified atom stereocenters. The molecule has 7 nitrogen and oxygen atoms in total. The zero-order valence-corrected chi connectivity index (χ0v) is 14.8. The van der Waals surface area contributed by atoms with Gasteiger partial charge in [-0.2, -0.15) is 5.26 Å². The Hall–Kier alpha value is -2.59. The van der Waals surface area contributed by atoms with Crippen LogP contribution in [0.5, 0.6) is 5.75 Å². The number of likely N-dealkylation sites (N-methyl/N-ethyl adjacent to an activating group) is 2. The van der Waals surface area contributed by atoms with E-state index in [1.807, 2.05) is 0 Å². The number of hydrogen-bond donors (Lipinski definition) is 2. The summed E-state index contributed by atoms with van der Waals surface area (Å²) in [5.41, 5.74) is -0.203. The summed E-state index contributed by atoms with van der Waals surface area (Å²) >= 11 is 0. The maximum Gasteiger partial charge on any atom is 0.279 e. The normalized spacial score (nSPS) is 12.0. The van der Waals surface area contributed by atoms with Crippen LogP contribution in [0.3, 0.4) is 0 Å². The minimum Gasteiger partial charge on any atom is -0.497 e. The highest BCUT2D eigenvalue weighted by atomic mass is 16.5. The van der Waals surface area contributed by atoms with Crippen molar-refractivity contribution < 1.29 is 19.2 Å². The molecule has 0 aliphatic rings. The summed E-state index contributed by atoms with van der Waals surface area (Å²) in [5, 5.41) is 11.8. The quantitative estimate of drug-likeness (QED) is 0.730. The molecule has 1 aromatic rings.